The van der Waals surface area contributed by atoms with Crippen molar-refractivity contribution in [2.45, 2.75) is 33.1 Å². The molecule has 1 unspecified atom stereocenters. The Morgan fingerprint density at radius 2 is 2.22 bits per heavy atom. The lowest BCUT2D eigenvalue weighted by Crippen LogP contribution is -2.08. The first-order chi connectivity index (χ1) is 8.61. The van der Waals surface area contributed by atoms with E-state index in [2.05, 4.69) is 13.8 Å². The van der Waals surface area contributed by atoms with E-state index in [9.17, 15) is 0 Å². The Hall–Kier alpha value is -1.02. The largest absolute Gasteiger partial charge is 0.398 e. The summed E-state index contributed by atoms with van der Waals surface area (Å²) in [6.07, 6.45) is 3.64. The molecule has 18 heavy (non-hydrogen) atoms. The van der Waals surface area contributed by atoms with Gasteiger partial charge in [-0.25, -0.2) is 0 Å². The van der Waals surface area contributed by atoms with E-state index in [1.54, 1.807) is 0 Å². The summed E-state index contributed by atoms with van der Waals surface area (Å²) in [5.41, 5.74) is 8.83. The molecule has 1 aromatic rings. The predicted octanol–water partition coefficient (Wildman–Crippen LogP) is 4.17. The molecule has 1 aromatic carbocycles. The predicted molar refractivity (Wildman–Crippen MR) is 79.4 cm³/mol. The molecule has 0 aromatic heterocycles. The molecule has 1 saturated carbocycles. The van der Waals surface area contributed by atoms with Gasteiger partial charge in [-0.05, 0) is 49.3 Å². The minimum atomic E-state index is 0.687. The summed E-state index contributed by atoms with van der Waals surface area (Å²) >= 11 is 6.03. The van der Waals surface area contributed by atoms with Gasteiger partial charge in [-0.1, -0.05) is 25.4 Å². The van der Waals surface area contributed by atoms with Crippen LogP contribution in [0.3, 0.4) is 0 Å². The summed E-state index contributed by atoms with van der Waals surface area (Å²) in [5.74, 6) is 1.58. The van der Waals surface area contributed by atoms with Gasteiger partial charge in [0.15, 0.2) is 0 Å². The normalized spacial score (nSPS) is 17.8. The van der Waals surface area contributed by atoms with Gasteiger partial charge in [0.1, 0.15) is 0 Å². The highest BCUT2D eigenvalue weighted by molar-refractivity contribution is 6.31. The first-order valence-electron chi connectivity index (χ1n) is 6.70. The van der Waals surface area contributed by atoms with Crippen LogP contribution >= 0.6 is 11.6 Å². The van der Waals surface area contributed by atoms with Crippen molar-refractivity contribution in [3.63, 3.8) is 0 Å². The van der Waals surface area contributed by atoms with E-state index in [1.165, 1.54) is 12.8 Å². The van der Waals surface area contributed by atoms with Crippen molar-refractivity contribution in [3.8, 4) is 0 Å². The van der Waals surface area contributed by atoms with Crippen LogP contribution in [0.4, 0.5) is 5.69 Å². The van der Waals surface area contributed by atoms with Crippen LogP contribution in [0.1, 0.15) is 38.7 Å². The zero-order valence-electron chi connectivity index (χ0n) is 11.1. The van der Waals surface area contributed by atoms with Crippen LogP contribution in [0.15, 0.2) is 23.2 Å². The van der Waals surface area contributed by atoms with Gasteiger partial charge in [0.2, 0.25) is 0 Å². The molecule has 98 valence electrons. The van der Waals surface area contributed by atoms with Gasteiger partial charge in [0.05, 0.1) is 0 Å². The van der Waals surface area contributed by atoms with Crippen LogP contribution in [-0.2, 0) is 0 Å². The zero-order valence-corrected chi connectivity index (χ0v) is 11.9. The number of anilines is 1. The average molecular weight is 265 g/mol. The second-order valence-electron chi connectivity index (χ2n) is 5.19. The molecule has 0 amide bonds. The van der Waals surface area contributed by atoms with Crippen molar-refractivity contribution in [1.82, 2.24) is 0 Å². The number of halogens is 1. The molecule has 3 heteroatoms. The van der Waals surface area contributed by atoms with E-state index in [0.717, 1.165) is 40.9 Å². The van der Waals surface area contributed by atoms with Crippen LogP contribution < -0.4 is 5.73 Å². The third-order valence-electron chi connectivity index (χ3n) is 3.66. The van der Waals surface area contributed by atoms with Gasteiger partial charge in [-0.15, -0.1) is 0 Å². The SMILES string of the molecule is CC/C(=N\CC(C)C1CC1)c1cc(Cl)ccc1N. The highest BCUT2D eigenvalue weighted by Crippen LogP contribution is 2.36. The van der Waals surface area contributed by atoms with Crippen LogP contribution in [0.2, 0.25) is 5.02 Å². The van der Waals surface area contributed by atoms with Gasteiger partial charge in [0.25, 0.3) is 0 Å². The molecule has 2 N–H and O–H groups in total. The minimum Gasteiger partial charge on any atom is -0.398 e. The lowest BCUT2D eigenvalue weighted by molar-refractivity contribution is 0.522. The maximum absolute atomic E-state index is 6.03. The van der Waals surface area contributed by atoms with Gasteiger partial charge >= 0.3 is 0 Å². The van der Waals surface area contributed by atoms with E-state index >= 15 is 0 Å². The lowest BCUT2D eigenvalue weighted by Gasteiger charge is -2.11. The summed E-state index contributed by atoms with van der Waals surface area (Å²) in [6, 6.07) is 5.59. The van der Waals surface area contributed by atoms with E-state index in [4.69, 9.17) is 22.3 Å². The Kier molecular flexibility index (Phi) is 4.28. The number of benzene rings is 1. The molecule has 0 spiro atoms. The fourth-order valence-corrected chi connectivity index (χ4v) is 2.41. The Bertz CT molecular complexity index is 450. The Balaban J connectivity index is 2.15. The lowest BCUT2D eigenvalue weighted by atomic mass is 10.0. The fourth-order valence-electron chi connectivity index (χ4n) is 2.23. The molecule has 1 fully saturated rings. The monoisotopic (exact) mass is 264 g/mol. The number of nitrogen functional groups attached to an aromatic ring is 1. The van der Waals surface area contributed by atoms with Crippen molar-refractivity contribution in [3.05, 3.63) is 28.8 Å². The molecule has 0 aliphatic heterocycles. The number of hydrogen-bond donors (Lipinski definition) is 1. The molecular formula is C15H21ClN2. The summed E-state index contributed by atoms with van der Waals surface area (Å²) < 4.78 is 0. The Morgan fingerprint density at radius 1 is 1.50 bits per heavy atom. The summed E-state index contributed by atoms with van der Waals surface area (Å²) in [4.78, 5) is 4.75. The zero-order chi connectivity index (χ0) is 13.1. The molecule has 1 aliphatic carbocycles. The third kappa shape index (κ3) is 3.26. The van der Waals surface area contributed by atoms with Crippen LogP contribution in [-0.4, -0.2) is 12.3 Å². The van der Waals surface area contributed by atoms with Gasteiger partial charge in [0, 0.05) is 28.5 Å². The molecule has 1 atom stereocenters. The Labute approximate surface area is 114 Å². The maximum atomic E-state index is 6.03. The fraction of sp³-hybridized carbons (Fsp3) is 0.533. The van der Waals surface area contributed by atoms with Crippen molar-refractivity contribution in [2.24, 2.45) is 16.8 Å². The summed E-state index contributed by atoms with van der Waals surface area (Å²) in [5, 5.41) is 0.718. The van der Waals surface area contributed by atoms with E-state index < -0.39 is 0 Å². The number of rotatable bonds is 5. The maximum Gasteiger partial charge on any atom is 0.0439 e. The topological polar surface area (TPSA) is 38.4 Å². The molecular weight excluding hydrogens is 244 g/mol. The van der Waals surface area contributed by atoms with Crippen LogP contribution in [0.25, 0.3) is 0 Å². The van der Waals surface area contributed by atoms with Crippen molar-refractivity contribution < 1.29 is 0 Å². The molecule has 2 nitrogen and oxygen atoms in total. The average Bonchev–Trinajstić information content (AvgIpc) is 3.18. The van der Waals surface area contributed by atoms with Crippen LogP contribution in [0, 0.1) is 11.8 Å². The standard InChI is InChI=1S/C15H21ClN2/c1-3-15(18-9-10(2)11-4-5-11)13-8-12(16)6-7-14(13)17/h6-8,10-11H,3-5,9,17H2,1-2H3/b18-15+. The quantitative estimate of drug-likeness (QED) is 0.629. The molecule has 0 radical (unpaired) electrons. The van der Waals surface area contributed by atoms with Crippen molar-refractivity contribution in [1.29, 1.82) is 0 Å². The van der Waals surface area contributed by atoms with Crippen LogP contribution in [0.5, 0.6) is 0 Å². The second-order valence-corrected chi connectivity index (χ2v) is 5.62. The van der Waals surface area contributed by atoms with E-state index in [1.807, 2.05) is 18.2 Å². The van der Waals surface area contributed by atoms with Gasteiger partial charge in [-0.2, -0.15) is 0 Å². The number of nitrogens with two attached hydrogens (primary N) is 1. The van der Waals surface area contributed by atoms with Gasteiger partial charge < -0.3 is 5.73 Å². The second kappa shape index (κ2) is 5.75. The highest BCUT2D eigenvalue weighted by Gasteiger charge is 2.27. The van der Waals surface area contributed by atoms with Crippen molar-refractivity contribution in [2.75, 3.05) is 12.3 Å². The Morgan fingerprint density at radius 3 is 2.83 bits per heavy atom. The molecule has 2 rings (SSSR count). The summed E-state index contributed by atoms with van der Waals surface area (Å²) in [7, 11) is 0. The van der Waals surface area contributed by atoms with E-state index in [-0.39, 0.29) is 0 Å². The number of aliphatic imine (C=N–C) groups is 1. The first-order valence-corrected chi connectivity index (χ1v) is 7.08. The molecule has 0 bridgehead atoms. The number of hydrogen-bond acceptors (Lipinski definition) is 2. The van der Waals surface area contributed by atoms with Crippen molar-refractivity contribution >= 4 is 23.0 Å². The smallest absolute Gasteiger partial charge is 0.0439 e. The molecule has 0 saturated heterocycles. The minimum absolute atomic E-state index is 0.687. The van der Waals surface area contributed by atoms with Gasteiger partial charge in [-0.3, -0.25) is 4.99 Å². The third-order valence-corrected chi connectivity index (χ3v) is 3.89. The summed E-state index contributed by atoms with van der Waals surface area (Å²) in [6.45, 7) is 5.30. The highest BCUT2D eigenvalue weighted by atomic mass is 35.5. The van der Waals surface area contributed by atoms with E-state index in [0.29, 0.717) is 5.92 Å². The molecule has 0 heterocycles. The number of nitrogens with zero attached hydrogens (tertiary/aromatic N) is 1. The first kappa shape index (κ1) is 13.4. The molecule has 1 aliphatic rings.